The highest BCUT2D eigenvalue weighted by atomic mass is 15.2. The van der Waals surface area contributed by atoms with Gasteiger partial charge in [0.05, 0.1) is 0 Å². The second-order valence-electron chi connectivity index (χ2n) is 6.65. The molecule has 3 N–H and O–H groups in total. The van der Waals surface area contributed by atoms with E-state index in [9.17, 15) is 0 Å². The molecule has 18 heavy (non-hydrogen) atoms. The van der Waals surface area contributed by atoms with Crippen LogP contribution in [-0.2, 0) is 6.42 Å². The van der Waals surface area contributed by atoms with Gasteiger partial charge >= 0.3 is 0 Å². The predicted molar refractivity (Wildman–Crippen MR) is 73.3 cm³/mol. The van der Waals surface area contributed by atoms with Gasteiger partial charge in [-0.15, -0.1) is 0 Å². The summed E-state index contributed by atoms with van der Waals surface area (Å²) >= 11 is 0. The number of H-pyrrole nitrogens is 1. The second-order valence-corrected chi connectivity index (χ2v) is 6.65. The topological polar surface area (TPSA) is 67.6 Å². The summed E-state index contributed by atoms with van der Waals surface area (Å²) < 4.78 is 0. The summed E-state index contributed by atoms with van der Waals surface area (Å²) in [6.45, 7) is 6.49. The minimum Gasteiger partial charge on any atom is -0.327 e. The summed E-state index contributed by atoms with van der Waals surface area (Å²) in [5.74, 6) is 2.51. The van der Waals surface area contributed by atoms with E-state index < -0.39 is 0 Å². The lowest BCUT2D eigenvalue weighted by Crippen LogP contribution is -2.37. The summed E-state index contributed by atoms with van der Waals surface area (Å²) in [7, 11) is 0. The number of aromatic nitrogens is 3. The fraction of sp³-hybridized carbons (Fsp3) is 0.857. The molecule has 1 heterocycles. The molecule has 1 aromatic rings. The maximum absolute atomic E-state index is 6.18. The summed E-state index contributed by atoms with van der Waals surface area (Å²) in [6.07, 6.45) is 7.25. The maximum Gasteiger partial charge on any atom is 0.153 e. The molecule has 0 aliphatic heterocycles. The number of nitrogens with zero attached hydrogens (tertiary/aromatic N) is 2. The van der Waals surface area contributed by atoms with Crippen LogP contribution in [0.1, 0.15) is 70.4 Å². The van der Waals surface area contributed by atoms with Gasteiger partial charge in [-0.2, -0.15) is 5.10 Å². The predicted octanol–water partition coefficient (Wildman–Crippen LogP) is 2.77. The van der Waals surface area contributed by atoms with Crippen molar-refractivity contribution >= 4 is 0 Å². The van der Waals surface area contributed by atoms with Crippen molar-refractivity contribution in [2.75, 3.05) is 0 Å². The smallest absolute Gasteiger partial charge is 0.153 e. The van der Waals surface area contributed by atoms with Gasteiger partial charge in [-0.3, -0.25) is 5.10 Å². The minimum atomic E-state index is 0.109. The van der Waals surface area contributed by atoms with E-state index in [1.807, 2.05) is 0 Å². The van der Waals surface area contributed by atoms with Crippen molar-refractivity contribution in [2.45, 2.75) is 71.3 Å². The molecule has 4 heteroatoms. The van der Waals surface area contributed by atoms with Crippen molar-refractivity contribution in [3.8, 4) is 0 Å². The molecule has 1 atom stereocenters. The van der Waals surface area contributed by atoms with Gasteiger partial charge in [-0.1, -0.05) is 40.0 Å². The Balaban J connectivity index is 1.97. The molecule has 4 nitrogen and oxygen atoms in total. The van der Waals surface area contributed by atoms with Gasteiger partial charge in [0.2, 0.25) is 0 Å². The normalized spacial score (nSPS) is 20.0. The fourth-order valence-electron chi connectivity index (χ4n) is 2.46. The van der Waals surface area contributed by atoms with E-state index in [1.165, 1.54) is 32.1 Å². The van der Waals surface area contributed by atoms with Crippen molar-refractivity contribution in [2.24, 2.45) is 11.1 Å². The standard InChI is InChI=1S/C14H26N4/c1-14(2,3)11(15)9-12-16-13(18-17-12)10-7-5-4-6-8-10/h10-11H,4-9,15H2,1-3H3,(H,16,17,18). The SMILES string of the molecule is CC(C)(C)C(N)Cc1nc(C2CCCCC2)n[nH]1. The summed E-state index contributed by atoms with van der Waals surface area (Å²) in [6, 6.07) is 0.115. The van der Waals surface area contributed by atoms with E-state index in [0.717, 1.165) is 18.1 Å². The molecule has 1 fully saturated rings. The number of hydrogen-bond donors (Lipinski definition) is 2. The van der Waals surface area contributed by atoms with E-state index >= 15 is 0 Å². The first-order valence-corrected chi connectivity index (χ1v) is 7.13. The van der Waals surface area contributed by atoms with Crippen LogP contribution < -0.4 is 5.73 Å². The Morgan fingerprint density at radius 2 is 1.94 bits per heavy atom. The van der Waals surface area contributed by atoms with Gasteiger partial charge in [0, 0.05) is 18.4 Å². The van der Waals surface area contributed by atoms with E-state index in [0.29, 0.717) is 5.92 Å². The highest BCUT2D eigenvalue weighted by Crippen LogP contribution is 2.30. The lowest BCUT2D eigenvalue weighted by atomic mass is 9.85. The number of nitrogens with one attached hydrogen (secondary N) is 1. The first-order valence-electron chi connectivity index (χ1n) is 7.13. The molecule has 0 radical (unpaired) electrons. The third-order valence-electron chi connectivity index (χ3n) is 4.04. The first-order chi connectivity index (χ1) is 8.47. The lowest BCUT2D eigenvalue weighted by Gasteiger charge is -2.26. The molecule has 1 aliphatic carbocycles. The Morgan fingerprint density at radius 3 is 2.56 bits per heavy atom. The van der Waals surface area contributed by atoms with E-state index in [4.69, 9.17) is 5.73 Å². The van der Waals surface area contributed by atoms with Crippen LogP contribution in [0.5, 0.6) is 0 Å². The summed E-state index contributed by atoms with van der Waals surface area (Å²) in [5, 5.41) is 7.45. The van der Waals surface area contributed by atoms with Gasteiger partial charge < -0.3 is 5.73 Å². The highest BCUT2D eigenvalue weighted by Gasteiger charge is 2.24. The first kappa shape index (κ1) is 13.5. The van der Waals surface area contributed by atoms with Crippen LogP contribution in [0, 0.1) is 5.41 Å². The van der Waals surface area contributed by atoms with Gasteiger partial charge in [0.25, 0.3) is 0 Å². The molecule has 0 bridgehead atoms. The Hall–Kier alpha value is -0.900. The van der Waals surface area contributed by atoms with Gasteiger partial charge in [-0.25, -0.2) is 4.98 Å². The molecule has 0 saturated heterocycles. The van der Waals surface area contributed by atoms with Crippen LogP contribution in [0.2, 0.25) is 0 Å². The van der Waals surface area contributed by atoms with Gasteiger partial charge in [-0.05, 0) is 18.3 Å². The van der Waals surface area contributed by atoms with Crippen molar-refractivity contribution in [3.63, 3.8) is 0 Å². The van der Waals surface area contributed by atoms with E-state index in [-0.39, 0.29) is 11.5 Å². The number of hydrogen-bond acceptors (Lipinski definition) is 3. The fourth-order valence-corrected chi connectivity index (χ4v) is 2.46. The zero-order chi connectivity index (χ0) is 13.2. The molecular formula is C14H26N4. The maximum atomic E-state index is 6.18. The van der Waals surface area contributed by atoms with Crippen LogP contribution in [0.25, 0.3) is 0 Å². The van der Waals surface area contributed by atoms with Crippen LogP contribution in [0.15, 0.2) is 0 Å². The Bertz CT molecular complexity index is 371. The van der Waals surface area contributed by atoms with Crippen LogP contribution in [0.3, 0.4) is 0 Å². The van der Waals surface area contributed by atoms with Crippen molar-refractivity contribution in [3.05, 3.63) is 11.6 Å². The molecule has 1 aliphatic rings. The van der Waals surface area contributed by atoms with Crippen LogP contribution in [0.4, 0.5) is 0 Å². The molecule has 102 valence electrons. The van der Waals surface area contributed by atoms with Gasteiger partial charge in [0.1, 0.15) is 5.82 Å². The largest absolute Gasteiger partial charge is 0.327 e. The summed E-state index contributed by atoms with van der Waals surface area (Å²) in [5.41, 5.74) is 6.29. The third kappa shape index (κ3) is 3.31. The zero-order valence-electron chi connectivity index (χ0n) is 11.9. The van der Waals surface area contributed by atoms with Crippen LogP contribution >= 0.6 is 0 Å². The van der Waals surface area contributed by atoms with Crippen molar-refractivity contribution in [1.29, 1.82) is 0 Å². The quantitative estimate of drug-likeness (QED) is 0.866. The molecule has 0 spiro atoms. The molecule has 0 amide bonds. The third-order valence-corrected chi connectivity index (χ3v) is 4.04. The average Bonchev–Trinajstić information content (AvgIpc) is 2.77. The molecular weight excluding hydrogens is 224 g/mol. The number of nitrogens with two attached hydrogens (primary N) is 1. The second kappa shape index (κ2) is 5.39. The number of aromatic amines is 1. The zero-order valence-corrected chi connectivity index (χ0v) is 11.9. The van der Waals surface area contributed by atoms with E-state index in [1.54, 1.807) is 0 Å². The lowest BCUT2D eigenvalue weighted by molar-refractivity contribution is 0.315. The molecule has 2 rings (SSSR count). The molecule has 1 unspecified atom stereocenters. The van der Waals surface area contributed by atoms with E-state index in [2.05, 4.69) is 36.0 Å². The molecule has 1 saturated carbocycles. The van der Waals surface area contributed by atoms with Gasteiger partial charge in [0.15, 0.2) is 5.82 Å². The number of rotatable bonds is 3. The monoisotopic (exact) mass is 250 g/mol. The minimum absolute atomic E-state index is 0.109. The Morgan fingerprint density at radius 1 is 1.28 bits per heavy atom. The molecule has 0 aromatic carbocycles. The van der Waals surface area contributed by atoms with Crippen molar-refractivity contribution < 1.29 is 0 Å². The van der Waals surface area contributed by atoms with Crippen LogP contribution in [-0.4, -0.2) is 21.2 Å². The molecule has 1 aromatic heterocycles. The highest BCUT2D eigenvalue weighted by molar-refractivity contribution is 5.01. The Labute approximate surface area is 110 Å². The average molecular weight is 250 g/mol. The Kier molecular flexibility index (Phi) is 4.05. The van der Waals surface area contributed by atoms with Crippen molar-refractivity contribution in [1.82, 2.24) is 15.2 Å². The summed E-state index contributed by atoms with van der Waals surface area (Å²) in [4.78, 5) is 4.64.